The van der Waals surface area contributed by atoms with Crippen molar-refractivity contribution in [2.75, 3.05) is 0 Å². The van der Waals surface area contributed by atoms with Crippen LogP contribution in [0.2, 0.25) is 0 Å². The Kier molecular flexibility index (Phi) is 4.50. The Balaban J connectivity index is 2.06. The van der Waals surface area contributed by atoms with Gasteiger partial charge in [-0.2, -0.15) is 5.26 Å². The molecule has 0 radical (unpaired) electrons. The average Bonchev–Trinajstić information content (AvgIpc) is 2.81. The zero-order valence-corrected chi connectivity index (χ0v) is 10.9. The third-order valence-corrected chi connectivity index (χ3v) is 3.77. The quantitative estimate of drug-likeness (QED) is 0.876. The highest BCUT2D eigenvalue weighted by molar-refractivity contribution is 5.86. The lowest BCUT2D eigenvalue weighted by Gasteiger charge is -2.21. The van der Waals surface area contributed by atoms with Gasteiger partial charge in [0.1, 0.15) is 6.54 Å². The average molecular weight is 262 g/mol. The molecular formula is C13H18N4O2. The SMILES string of the molecule is N#CCn1nnc(C(=O)O)c1CCC1CCCCC1. The van der Waals surface area contributed by atoms with Crippen molar-refractivity contribution in [2.45, 2.75) is 51.5 Å². The molecule has 0 spiro atoms. The van der Waals surface area contributed by atoms with Crippen molar-refractivity contribution in [1.29, 1.82) is 5.26 Å². The van der Waals surface area contributed by atoms with Crippen molar-refractivity contribution in [3.63, 3.8) is 0 Å². The van der Waals surface area contributed by atoms with E-state index in [9.17, 15) is 4.79 Å². The standard InChI is InChI=1S/C13H18N4O2/c14-8-9-17-11(12(13(18)19)15-16-17)7-6-10-4-2-1-3-5-10/h10H,1-7,9H2,(H,18,19). The molecule has 1 aliphatic carbocycles. The fourth-order valence-electron chi connectivity index (χ4n) is 2.76. The van der Waals surface area contributed by atoms with Gasteiger partial charge in [0.2, 0.25) is 0 Å². The summed E-state index contributed by atoms with van der Waals surface area (Å²) in [7, 11) is 0. The molecule has 0 aromatic carbocycles. The lowest BCUT2D eigenvalue weighted by molar-refractivity contribution is 0.0689. The van der Waals surface area contributed by atoms with E-state index < -0.39 is 5.97 Å². The van der Waals surface area contributed by atoms with Crippen molar-refractivity contribution < 1.29 is 9.90 Å². The predicted octanol–water partition coefficient (Wildman–Crippen LogP) is 2.01. The first kappa shape index (κ1) is 13.5. The number of nitrogens with zero attached hydrogens (tertiary/aromatic N) is 4. The Bertz CT molecular complexity index is 483. The van der Waals surface area contributed by atoms with Gasteiger partial charge >= 0.3 is 5.97 Å². The van der Waals surface area contributed by atoms with Crippen LogP contribution in [0.5, 0.6) is 0 Å². The Morgan fingerprint density at radius 3 is 2.79 bits per heavy atom. The van der Waals surface area contributed by atoms with Crippen LogP contribution in [0.4, 0.5) is 0 Å². The second-order valence-electron chi connectivity index (χ2n) is 5.05. The lowest BCUT2D eigenvalue weighted by Crippen LogP contribution is -2.12. The van der Waals surface area contributed by atoms with Crippen molar-refractivity contribution >= 4 is 5.97 Å². The van der Waals surface area contributed by atoms with E-state index in [4.69, 9.17) is 10.4 Å². The highest BCUT2D eigenvalue weighted by Crippen LogP contribution is 2.27. The van der Waals surface area contributed by atoms with Crippen LogP contribution in [0.3, 0.4) is 0 Å². The van der Waals surface area contributed by atoms with Gasteiger partial charge in [-0.3, -0.25) is 0 Å². The molecule has 1 aromatic heterocycles. The highest BCUT2D eigenvalue weighted by Gasteiger charge is 2.21. The van der Waals surface area contributed by atoms with Crippen LogP contribution in [0, 0.1) is 17.2 Å². The van der Waals surface area contributed by atoms with Crippen molar-refractivity contribution in [2.24, 2.45) is 5.92 Å². The van der Waals surface area contributed by atoms with Crippen LogP contribution >= 0.6 is 0 Å². The molecule has 0 bridgehead atoms. The van der Waals surface area contributed by atoms with Gasteiger partial charge in [0.05, 0.1) is 11.8 Å². The molecule has 0 saturated heterocycles. The highest BCUT2D eigenvalue weighted by atomic mass is 16.4. The monoisotopic (exact) mass is 262 g/mol. The fraction of sp³-hybridized carbons (Fsp3) is 0.692. The molecule has 1 saturated carbocycles. The van der Waals surface area contributed by atoms with E-state index in [0.29, 0.717) is 18.0 Å². The molecule has 1 heterocycles. The summed E-state index contributed by atoms with van der Waals surface area (Å²) in [5.74, 6) is -0.399. The summed E-state index contributed by atoms with van der Waals surface area (Å²) in [6.45, 7) is 0.0558. The van der Waals surface area contributed by atoms with Crippen molar-refractivity contribution in [3.05, 3.63) is 11.4 Å². The summed E-state index contributed by atoms with van der Waals surface area (Å²) < 4.78 is 1.41. The molecular weight excluding hydrogens is 244 g/mol. The molecule has 0 unspecified atom stereocenters. The number of hydrogen-bond acceptors (Lipinski definition) is 4. The second-order valence-corrected chi connectivity index (χ2v) is 5.05. The van der Waals surface area contributed by atoms with E-state index in [0.717, 1.165) is 6.42 Å². The molecule has 1 N–H and O–H groups in total. The number of aromatic nitrogens is 3. The van der Waals surface area contributed by atoms with Gasteiger partial charge < -0.3 is 5.11 Å². The maximum Gasteiger partial charge on any atom is 0.358 e. The normalized spacial score (nSPS) is 16.2. The van der Waals surface area contributed by atoms with Crippen LogP contribution in [0.1, 0.15) is 54.7 Å². The van der Waals surface area contributed by atoms with E-state index in [1.807, 2.05) is 6.07 Å². The van der Waals surface area contributed by atoms with Gasteiger partial charge in [-0.1, -0.05) is 37.3 Å². The van der Waals surface area contributed by atoms with Crippen LogP contribution in [-0.2, 0) is 13.0 Å². The molecule has 6 heteroatoms. The minimum absolute atomic E-state index is 0.00828. The van der Waals surface area contributed by atoms with E-state index in [1.54, 1.807) is 0 Å². The minimum atomic E-state index is -1.07. The van der Waals surface area contributed by atoms with E-state index in [2.05, 4.69) is 10.3 Å². The Morgan fingerprint density at radius 1 is 1.42 bits per heavy atom. The summed E-state index contributed by atoms with van der Waals surface area (Å²) >= 11 is 0. The van der Waals surface area contributed by atoms with Crippen molar-refractivity contribution in [3.8, 4) is 6.07 Å². The Morgan fingerprint density at radius 2 is 2.16 bits per heavy atom. The molecule has 2 rings (SSSR count). The number of rotatable bonds is 5. The molecule has 6 nitrogen and oxygen atoms in total. The first-order chi connectivity index (χ1) is 9.22. The molecule has 0 amide bonds. The Hall–Kier alpha value is -1.90. The van der Waals surface area contributed by atoms with Crippen LogP contribution in [0.15, 0.2) is 0 Å². The second kappa shape index (κ2) is 6.32. The summed E-state index contributed by atoms with van der Waals surface area (Å²) in [5, 5.41) is 25.2. The van der Waals surface area contributed by atoms with Gasteiger partial charge in [0.15, 0.2) is 5.69 Å². The first-order valence-corrected chi connectivity index (χ1v) is 6.75. The lowest BCUT2D eigenvalue weighted by atomic mass is 9.85. The van der Waals surface area contributed by atoms with Gasteiger partial charge in [-0.05, 0) is 18.8 Å². The first-order valence-electron chi connectivity index (χ1n) is 6.75. The zero-order valence-electron chi connectivity index (χ0n) is 10.9. The third kappa shape index (κ3) is 3.31. The fourth-order valence-corrected chi connectivity index (χ4v) is 2.76. The minimum Gasteiger partial charge on any atom is -0.476 e. The molecule has 1 fully saturated rings. The van der Waals surface area contributed by atoms with Gasteiger partial charge in [-0.25, -0.2) is 9.48 Å². The van der Waals surface area contributed by atoms with E-state index in [-0.39, 0.29) is 12.2 Å². The largest absolute Gasteiger partial charge is 0.476 e. The predicted molar refractivity (Wildman–Crippen MR) is 67.5 cm³/mol. The summed E-state index contributed by atoms with van der Waals surface area (Å²) in [6.07, 6.45) is 7.90. The maximum absolute atomic E-state index is 11.1. The smallest absolute Gasteiger partial charge is 0.358 e. The molecule has 0 atom stereocenters. The molecule has 1 aliphatic rings. The number of carbonyl (C=O) groups is 1. The van der Waals surface area contributed by atoms with Crippen LogP contribution in [-0.4, -0.2) is 26.1 Å². The molecule has 0 aliphatic heterocycles. The van der Waals surface area contributed by atoms with E-state index >= 15 is 0 Å². The topological polar surface area (TPSA) is 91.8 Å². The number of nitriles is 1. The van der Waals surface area contributed by atoms with Crippen LogP contribution < -0.4 is 0 Å². The number of carboxylic acids is 1. The number of carboxylic acid groups (broad SMARTS) is 1. The van der Waals surface area contributed by atoms with Gasteiger partial charge in [-0.15, -0.1) is 5.10 Å². The molecule has 1 aromatic rings. The number of aromatic carboxylic acids is 1. The maximum atomic E-state index is 11.1. The Labute approximate surface area is 112 Å². The molecule has 19 heavy (non-hydrogen) atoms. The van der Waals surface area contributed by atoms with E-state index in [1.165, 1.54) is 36.8 Å². The van der Waals surface area contributed by atoms with Gasteiger partial charge in [0.25, 0.3) is 0 Å². The zero-order chi connectivity index (χ0) is 13.7. The summed E-state index contributed by atoms with van der Waals surface area (Å²) in [4.78, 5) is 11.1. The van der Waals surface area contributed by atoms with Crippen molar-refractivity contribution in [1.82, 2.24) is 15.0 Å². The third-order valence-electron chi connectivity index (χ3n) is 3.77. The number of hydrogen-bond donors (Lipinski definition) is 1. The van der Waals surface area contributed by atoms with Gasteiger partial charge in [0, 0.05) is 0 Å². The summed E-state index contributed by atoms with van der Waals surface area (Å²) in [6, 6.07) is 1.98. The van der Waals surface area contributed by atoms with Crippen LogP contribution in [0.25, 0.3) is 0 Å². The summed E-state index contributed by atoms with van der Waals surface area (Å²) in [5.41, 5.74) is 0.575. The molecule has 102 valence electrons.